The minimum Gasteiger partial charge on any atom is -0.368 e. The van der Waals surface area contributed by atoms with Crippen molar-refractivity contribution in [2.24, 2.45) is 11.7 Å². The number of carbonyl (C=O) groups excluding carboxylic acids is 1. The van der Waals surface area contributed by atoms with Crippen molar-refractivity contribution in [1.82, 2.24) is 15.0 Å². The molecule has 0 aliphatic heterocycles. The number of nitrogens with one attached hydrogen (secondary N) is 2. The molecule has 28 heavy (non-hydrogen) atoms. The van der Waals surface area contributed by atoms with Gasteiger partial charge >= 0.3 is 0 Å². The molecular weight excluding hydrogens is 354 g/mol. The van der Waals surface area contributed by atoms with Crippen LogP contribution in [0, 0.1) is 17.2 Å². The van der Waals surface area contributed by atoms with Gasteiger partial charge in [0.25, 0.3) is 0 Å². The summed E-state index contributed by atoms with van der Waals surface area (Å²) in [5.74, 6) is 0.813. The summed E-state index contributed by atoms with van der Waals surface area (Å²) in [5, 5.41) is 16.5. The number of anilines is 3. The molecule has 140 valence electrons. The van der Waals surface area contributed by atoms with Gasteiger partial charge in [-0.2, -0.15) is 5.26 Å². The molecule has 1 aliphatic rings. The Hall–Kier alpha value is -3.73. The number of fused-ring (bicyclic) bond motifs is 1. The Kier molecular flexibility index (Phi) is 4.72. The van der Waals surface area contributed by atoms with Gasteiger partial charge in [0, 0.05) is 17.3 Å². The molecule has 0 spiro atoms. The molecule has 1 aromatic carbocycles. The van der Waals surface area contributed by atoms with Gasteiger partial charge in [-0.15, -0.1) is 0 Å². The van der Waals surface area contributed by atoms with E-state index in [0.29, 0.717) is 24.0 Å². The summed E-state index contributed by atoms with van der Waals surface area (Å²) in [7, 11) is 0. The number of nitrogens with two attached hydrogens (primary N) is 1. The van der Waals surface area contributed by atoms with Crippen LogP contribution in [0.2, 0.25) is 0 Å². The quantitative estimate of drug-likeness (QED) is 0.580. The van der Waals surface area contributed by atoms with Crippen LogP contribution >= 0.6 is 0 Å². The van der Waals surface area contributed by atoms with E-state index >= 15 is 0 Å². The highest BCUT2D eigenvalue weighted by Crippen LogP contribution is 2.34. The first-order valence-corrected chi connectivity index (χ1v) is 9.07. The second kappa shape index (κ2) is 7.48. The number of amides is 1. The number of aromatic nitrogens is 3. The molecule has 2 aromatic heterocycles. The van der Waals surface area contributed by atoms with Crippen molar-refractivity contribution in [2.75, 3.05) is 10.6 Å². The first-order valence-electron chi connectivity index (χ1n) is 9.07. The Balaban J connectivity index is 1.58. The summed E-state index contributed by atoms with van der Waals surface area (Å²) in [4.78, 5) is 24.6. The van der Waals surface area contributed by atoms with Crippen molar-refractivity contribution < 1.29 is 4.79 Å². The van der Waals surface area contributed by atoms with Crippen molar-refractivity contribution in [2.45, 2.75) is 25.3 Å². The van der Waals surface area contributed by atoms with E-state index in [1.807, 2.05) is 36.4 Å². The molecule has 8 heteroatoms. The summed E-state index contributed by atoms with van der Waals surface area (Å²) in [6.45, 7) is 0. The maximum Gasteiger partial charge on any atom is 0.239 e. The van der Waals surface area contributed by atoms with Crippen molar-refractivity contribution in [3.8, 4) is 6.07 Å². The SMILES string of the molecule is N#Cc1ncc(NC(CC2CC2)C(N)=O)nc1Nc1ccc2ncccc2c1. The smallest absolute Gasteiger partial charge is 0.239 e. The first kappa shape index (κ1) is 17.7. The van der Waals surface area contributed by atoms with E-state index in [2.05, 4.69) is 25.6 Å². The predicted molar refractivity (Wildman–Crippen MR) is 106 cm³/mol. The molecule has 1 saturated carbocycles. The van der Waals surface area contributed by atoms with Gasteiger partial charge in [0.2, 0.25) is 5.91 Å². The molecule has 1 aliphatic carbocycles. The van der Waals surface area contributed by atoms with Crippen LogP contribution in [-0.2, 0) is 4.79 Å². The highest BCUT2D eigenvalue weighted by Gasteiger charge is 2.28. The summed E-state index contributed by atoms with van der Waals surface area (Å²) in [6.07, 6.45) is 6.09. The van der Waals surface area contributed by atoms with Gasteiger partial charge in [-0.1, -0.05) is 18.9 Å². The number of benzene rings is 1. The lowest BCUT2D eigenvalue weighted by Gasteiger charge is -2.16. The van der Waals surface area contributed by atoms with Gasteiger partial charge in [0.15, 0.2) is 11.5 Å². The van der Waals surface area contributed by atoms with Crippen LogP contribution in [0.5, 0.6) is 0 Å². The molecule has 4 N–H and O–H groups in total. The lowest BCUT2D eigenvalue weighted by Crippen LogP contribution is -2.36. The summed E-state index contributed by atoms with van der Waals surface area (Å²) in [6, 6.07) is 11.0. The average molecular weight is 373 g/mol. The van der Waals surface area contributed by atoms with Crippen LogP contribution in [0.15, 0.2) is 42.7 Å². The molecular formula is C20H19N7O. The second-order valence-corrected chi connectivity index (χ2v) is 6.88. The average Bonchev–Trinajstić information content (AvgIpc) is 3.52. The van der Waals surface area contributed by atoms with Crippen LogP contribution in [0.1, 0.15) is 25.0 Å². The fourth-order valence-corrected chi connectivity index (χ4v) is 3.03. The molecule has 8 nitrogen and oxygen atoms in total. The van der Waals surface area contributed by atoms with E-state index in [1.165, 1.54) is 6.20 Å². The monoisotopic (exact) mass is 373 g/mol. The van der Waals surface area contributed by atoms with Crippen LogP contribution in [0.25, 0.3) is 10.9 Å². The maximum atomic E-state index is 11.7. The van der Waals surface area contributed by atoms with Crippen molar-refractivity contribution in [3.05, 3.63) is 48.4 Å². The minimum atomic E-state index is -0.505. The Morgan fingerprint density at radius 1 is 1.32 bits per heavy atom. The Bertz CT molecular complexity index is 1070. The van der Waals surface area contributed by atoms with Gasteiger partial charge < -0.3 is 16.4 Å². The molecule has 0 saturated heterocycles. The predicted octanol–water partition coefficient (Wildman–Crippen LogP) is 2.71. The lowest BCUT2D eigenvalue weighted by molar-refractivity contribution is -0.118. The maximum absolute atomic E-state index is 11.7. The topological polar surface area (TPSA) is 130 Å². The third-order valence-corrected chi connectivity index (χ3v) is 4.68. The molecule has 1 amide bonds. The second-order valence-electron chi connectivity index (χ2n) is 6.88. The van der Waals surface area contributed by atoms with E-state index in [0.717, 1.165) is 29.4 Å². The van der Waals surface area contributed by atoms with E-state index in [-0.39, 0.29) is 5.69 Å². The number of pyridine rings is 1. The number of nitrogens with zero attached hydrogens (tertiary/aromatic N) is 4. The van der Waals surface area contributed by atoms with Crippen LogP contribution in [0.3, 0.4) is 0 Å². The number of hydrogen-bond acceptors (Lipinski definition) is 7. The normalized spacial score (nSPS) is 14.2. The summed E-state index contributed by atoms with van der Waals surface area (Å²) >= 11 is 0. The number of hydrogen-bond donors (Lipinski definition) is 3. The van der Waals surface area contributed by atoms with Crippen molar-refractivity contribution in [3.63, 3.8) is 0 Å². The first-order chi connectivity index (χ1) is 13.6. The Labute approximate surface area is 161 Å². The van der Waals surface area contributed by atoms with Gasteiger partial charge in [0.1, 0.15) is 17.9 Å². The van der Waals surface area contributed by atoms with Crippen LogP contribution in [0.4, 0.5) is 17.3 Å². The molecule has 0 bridgehead atoms. The van der Waals surface area contributed by atoms with Gasteiger partial charge in [0.05, 0.1) is 11.7 Å². The highest BCUT2D eigenvalue weighted by atomic mass is 16.1. The largest absolute Gasteiger partial charge is 0.368 e. The Morgan fingerprint density at radius 3 is 2.93 bits per heavy atom. The highest BCUT2D eigenvalue weighted by molar-refractivity contribution is 5.84. The fraction of sp³-hybridized carbons (Fsp3) is 0.250. The third-order valence-electron chi connectivity index (χ3n) is 4.68. The third kappa shape index (κ3) is 3.99. The lowest BCUT2D eigenvalue weighted by atomic mass is 10.1. The minimum absolute atomic E-state index is 0.162. The number of nitriles is 1. The number of carbonyl (C=O) groups is 1. The van der Waals surface area contributed by atoms with Crippen molar-refractivity contribution >= 4 is 34.1 Å². The number of primary amides is 1. The van der Waals surface area contributed by atoms with Gasteiger partial charge in [-0.3, -0.25) is 9.78 Å². The zero-order valence-electron chi connectivity index (χ0n) is 15.1. The molecule has 4 rings (SSSR count). The van der Waals surface area contributed by atoms with Gasteiger partial charge in [-0.05, 0) is 36.6 Å². The van der Waals surface area contributed by atoms with E-state index < -0.39 is 11.9 Å². The molecule has 1 atom stereocenters. The molecule has 1 fully saturated rings. The molecule has 0 radical (unpaired) electrons. The van der Waals surface area contributed by atoms with Crippen LogP contribution < -0.4 is 16.4 Å². The van der Waals surface area contributed by atoms with E-state index in [9.17, 15) is 10.1 Å². The van der Waals surface area contributed by atoms with E-state index in [1.54, 1.807) is 6.20 Å². The standard InChI is InChI=1S/C20H19N7O/c21-10-17-20(25-14-5-6-15-13(9-14)2-1-7-23-15)27-18(11-24-17)26-16(19(22)28)8-12-3-4-12/h1-2,5-7,9,11-12,16H,3-4,8H2,(H2,22,28)(H2,25,26,27). The van der Waals surface area contributed by atoms with E-state index in [4.69, 9.17) is 5.73 Å². The van der Waals surface area contributed by atoms with Crippen molar-refractivity contribution in [1.29, 1.82) is 5.26 Å². The zero-order chi connectivity index (χ0) is 19.5. The Morgan fingerprint density at radius 2 is 2.18 bits per heavy atom. The molecule has 2 heterocycles. The van der Waals surface area contributed by atoms with Crippen LogP contribution in [-0.4, -0.2) is 26.9 Å². The summed E-state index contributed by atoms with van der Waals surface area (Å²) < 4.78 is 0. The summed E-state index contributed by atoms with van der Waals surface area (Å²) in [5.41, 5.74) is 7.30. The fourth-order valence-electron chi connectivity index (χ4n) is 3.03. The molecule has 3 aromatic rings. The van der Waals surface area contributed by atoms with Gasteiger partial charge in [-0.25, -0.2) is 9.97 Å². The number of rotatable bonds is 7. The molecule has 1 unspecified atom stereocenters. The zero-order valence-corrected chi connectivity index (χ0v) is 15.1.